The molecule has 170 valence electrons. The summed E-state index contributed by atoms with van der Waals surface area (Å²) in [4.78, 5) is 37.1. The molecule has 0 saturated heterocycles. The van der Waals surface area contributed by atoms with Crippen LogP contribution >= 0.6 is 23.4 Å². The Morgan fingerprint density at radius 3 is 2.62 bits per heavy atom. The highest BCUT2D eigenvalue weighted by atomic mass is 35.5. The van der Waals surface area contributed by atoms with Crippen molar-refractivity contribution in [1.29, 1.82) is 0 Å². The average Bonchev–Trinajstić information content (AvgIpc) is 3.19. The highest BCUT2D eigenvalue weighted by Crippen LogP contribution is 2.38. The van der Waals surface area contributed by atoms with Gasteiger partial charge in [-0.3, -0.25) is 9.59 Å². The van der Waals surface area contributed by atoms with Crippen molar-refractivity contribution in [2.75, 3.05) is 5.32 Å². The Balaban J connectivity index is 1.43. The van der Waals surface area contributed by atoms with Crippen LogP contribution in [0.3, 0.4) is 0 Å². The number of benzene rings is 3. The van der Waals surface area contributed by atoms with E-state index in [1.54, 1.807) is 6.92 Å². The summed E-state index contributed by atoms with van der Waals surface area (Å²) < 4.78 is 14.1. The molecule has 0 radical (unpaired) electrons. The number of halogens is 2. The molecular weight excluding hydrogens is 475 g/mol. The number of fused-ring (bicyclic) bond motifs is 3. The summed E-state index contributed by atoms with van der Waals surface area (Å²) in [5, 5.41) is 2.48. The summed E-state index contributed by atoms with van der Waals surface area (Å²) in [6.07, 6.45) is 0. The van der Waals surface area contributed by atoms with Gasteiger partial charge in [0.15, 0.2) is 11.2 Å². The average molecular weight is 493 g/mol. The maximum absolute atomic E-state index is 14.1. The van der Waals surface area contributed by atoms with Crippen LogP contribution in [0.25, 0.3) is 0 Å². The molecule has 34 heavy (non-hydrogen) atoms. The van der Waals surface area contributed by atoms with Crippen molar-refractivity contribution in [2.24, 2.45) is 9.98 Å². The van der Waals surface area contributed by atoms with Crippen LogP contribution in [0.15, 0.2) is 82.8 Å². The number of aliphatic imine (C=N–C) groups is 2. The molecule has 2 aliphatic heterocycles. The molecule has 0 fully saturated rings. The lowest BCUT2D eigenvalue weighted by atomic mass is 10.1. The molecule has 1 N–H and O–H groups in total. The lowest BCUT2D eigenvalue weighted by molar-refractivity contribution is -0.124. The number of carbonyl (C=O) groups excluding carboxylic acids is 2. The summed E-state index contributed by atoms with van der Waals surface area (Å²) >= 11 is 6.90. The highest BCUT2D eigenvalue weighted by molar-refractivity contribution is 8.15. The number of nitrogens with one attached hydrogen (secondary N) is 1. The number of para-hydroxylation sites is 1. The number of hydrogen-bond acceptors (Lipinski definition) is 5. The van der Waals surface area contributed by atoms with E-state index in [-0.39, 0.29) is 16.6 Å². The third-order valence-electron chi connectivity index (χ3n) is 5.43. The van der Waals surface area contributed by atoms with Gasteiger partial charge in [-0.05, 0) is 42.8 Å². The topological polar surface area (TPSA) is 74.1 Å². The SMILES string of the molecule is CC(SC1=Nc2ccccc2C2=NC(c3ccccc3)C(=O)N12)C(=O)Nc1ccc(Cl)cc1F. The van der Waals surface area contributed by atoms with Crippen LogP contribution in [0.5, 0.6) is 0 Å². The Morgan fingerprint density at radius 2 is 1.85 bits per heavy atom. The van der Waals surface area contributed by atoms with Crippen LogP contribution in [0.4, 0.5) is 15.8 Å². The molecule has 0 saturated carbocycles. The standard InChI is InChI=1S/C25H18ClFN4O2S/c1-14(23(32)28-20-12-11-16(26)13-18(20)27)34-25-29-19-10-6-5-9-17(19)22-30-21(24(33)31(22)25)15-7-3-2-4-8-15/h2-14,21H,1H3,(H,28,32). The largest absolute Gasteiger partial charge is 0.323 e. The Hall–Kier alpha value is -3.49. The zero-order valence-corrected chi connectivity index (χ0v) is 19.5. The van der Waals surface area contributed by atoms with E-state index < -0.39 is 23.0 Å². The van der Waals surface area contributed by atoms with Crippen LogP contribution in [-0.2, 0) is 9.59 Å². The minimum absolute atomic E-state index is 0.0291. The van der Waals surface area contributed by atoms with E-state index in [9.17, 15) is 14.0 Å². The third-order valence-corrected chi connectivity index (χ3v) is 6.71. The summed E-state index contributed by atoms with van der Waals surface area (Å²) in [6, 6.07) is 20.1. The fraction of sp³-hybridized carbons (Fsp3) is 0.120. The Labute approximate surface area is 204 Å². The van der Waals surface area contributed by atoms with E-state index in [0.29, 0.717) is 16.7 Å². The van der Waals surface area contributed by atoms with Gasteiger partial charge in [0.25, 0.3) is 5.91 Å². The molecule has 2 amide bonds. The quantitative estimate of drug-likeness (QED) is 0.517. The first-order valence-electron chi connectivity index (χ1n) is 10.5. The van der Waals surface area contributed by atoms with Crippen LogP contribution in [0.1, 0.15) is 24.1 Å². The monoisotopic (exact) mass is 492 g/mol. The second kappa shape index (κ2) is 9.04. The first kappa shape index (κ1) is 22.3. The van der Waals surface area contributed by atoms with Crippen molar-refractivity contribution >= 4 is 57.6 Å². The summed E-state index contributed by atoms with van der Waals surface area (Å²) in [5.74, 6) is -0.795. The number of rotatable bonds is 4. The van der Waals surface area contributed by atoms with Gasteiger partial charge in [0.05, 0.1) is 16.6 Å². The molecule has 3 aromatic rings. The molecule has 0 bridgehead atoms. The molecule has 2 atom stereocenters. The zero-order chi connectivity index (χ0) is 23.8. The number of nitrogens with zero attached hydrogens (tertiary/aromatic N) is 3. The minimum Gasteiger partial charge on any atom is -0.323 e. The van der Waals surface area contributed by atoms with Crippen LogP contribution in [0.2, 0.25) is 5.02 Å². The smallest absolute Gasteiger partial charge is 0.263 e. The van der Waals surface area contributed by atoms with Gasteiger partial charge in [-0.2, -0.15) is 0 Å². The first-order chi connectivity index (χ1) is 16.4. The number of amidine groups is 2. The Morgan fingerprint density at radius 1 is 1.12 bits per heavy atom. The van der Waals surface area contributed by atoms with E-state index in [4.69, 9.17) is 16.6 Å². The van der Waals surface area contributed by atoms with Crippen molar-refractivity contribution < 1.29 is 14.0 Å². The maximum atomic E-state index is 14.1. The highest BCUT2D eigenvalue weighted by Gasteiger charge is 2.42. The molecular formula is C25H18ClFN4O2S. The molecule has 2 aliphatic rings. The maximum Gasteiger partial charge on any atom is 0.263 e. The fourth-order valence-electron chi connectivity index (χ4n) is 3.72. The van der Waals surface area contributed by atoms with Crippen molar-refractivity contribution in [3.8, 4) is 0 Å². The Bertz CT molecular complexity index is 1360. The normalized spacial score (nSPS) is 17.4. The molecule has 6 nitrogen and oxygen atoms in total. The molecule has 0 spiro atoms. The van der Waals surface area contributed by atoms with Gasteiger partial charge in [0.1, 0.15) is 11.7 Å². The van der Waals surface area contributed by atoms with Gasteiger partial charge in [0.2, 0.25) is 5.91 Å². The summed E-state index contributed by atoms with van der Waals surface area (Å²) in [6.45, 7) is 1.67. The second-order valence-electron chi connectivity index (χ2n) is 7.72. The second-order valence-corrected chi connectivity index (χ2v) is 9.47. The number of amides is 2. The predicted octanol–water partition coefficient (Wildman–Crippen LogP) is 5.57. The fourth-order valence-corrected chi connectivity index (χ4v) is 4.79. The van der Waals surface area contributed by atoms with Gasteiger partial charge in [-0.15, -0.1) is 0 Å². The minimum atomic E-state index is -0.694. The lowest BCUT2D eigenvalue weighted by Crippen LogP contribution is -2.41. The van der Waals surface area contributed by atoms with Crippen molar-refractivity contribution in [1.82, 2.24) is 4.90 Å². The summed E-state index contributed by atoms with van der Waals surface area (Å²) in [7, 11) is 0. The van der Waals surface area contributed by atoms with E-state index in [0.717, 1.165) is 29.0 Å². The third kappa shape index (κ3) is 4.10. The molecule has 5 rings (SSSR count). The molecule has 2 unspecified atom stereocenters. The number of carbonyl (C=O) groups is 2. The molecule has 9 heteroatoms. The predicted molar refractivity (Wildman–Crippen MR) is 133 cm³/mol. The Kier molecular flexibility index (Phi) is 5.93. The molecule has 3 aromatic carbocycles. The van der Waals surface area contributed by atoms with E-state index >= 15 is 0 Å². The molecule has 2 heterocycles. The molecule has 0 aromatic heterocycles. The first-order valence-corrected chi connectivity index (χ1v) is 11.8. The van der Waals surface area contributed by atoms with Crippen LogP contribution in [0, 0.1) is 5.82 Å². The van der Waals surface area contributed by atoms with Gasteiger partial charge < -0.3 is 5.32 Å². The van der Waals surface area contributed by atoms with Crippen LogP contribution < -0.4 is 5.32 Å². The van der Waals surface area contributed by atoms with Gasteiger partial charge in [-0.1, -0.05) is 65.8 Å². The zero-order valence-electron chi connectivity index (χ0n) is 17.9. The number of anilines is 1. The van der Waals surface area contributed by atoms with Gasteiger partial charge in [0, 0.05) is 10.6 Å². The molecule has 0 aliphatic carbocycles. The van der Waals surface area contributed by atoms with Crippen molar-refractivity contribution in [3.05, 3.63) is 94.8 Å². The van der Waals surface area contributed by atoms with Crippen molar-refractivity contribution in [2.45, 2.75) is 18.2 Å². The van der Waals surface area contributed by atoms with E-state index in [2.05, 4.69) is 10.3 Å². The van der Waals surface area contributed by atoms with Crippen molar-refractivity contribution in [3.63, 3.8) is 0 Å². The number of hydrogen-bond donors (Lipinski definition) is 1. The van der Waals surface area contributed by atoms with E-state index in [1.165, 1.54) is 17.0 Å². The van der Waals surface area contributed by atoms with E-state index in [1.807, 2.05) is 54.6 Å². The number of thioether (sulfide) groups is 1. The van der Waals surface area contributed by atoms with Crippen LogP contribution in [-0.4, -0.2) is 33.0 Å². The van der Waals surface area contributed by atoms with Gasteiger partial charge >= 0.3 is 0 Å². The summed E-state index contributed by atoms with van der Waals surface area (Å²) in [5.41, 5.74) is 2.22. The van der Waals surface area contributed by atoms with Gasteiger partial charge in [-0.25, -0.2) is 19.3 Å². The lowest BCUT2D eigenvalue weighted by Gasteiger charge is -2.26.